The fraction of sp³-hybridized carbons (Fsp3) is 0.867. The van der Waals surface area contributed by atoms with Crippen LogP contribution in [0.5, 0.6) is 0 Å². The maximum absolute atomic E-state index is 12.3. The van der Waals surface area contributed by atoms with Crippen LogP contribution in [0.2, 0.25) is 0 Å². The summed E-state index contributed by atoms with van der Waals surface area (Å²) in [4.78, 5) is 25.4. The summed E-state index contributed by atoms with van der Waals surface area (Å²) in [6.45, 7) is 8.75. The van der Waals surface area contributed by atoms with Gasteiger partial charge in [-0.05, 0) is 31.1 Å². The monoisotopic (exact) mass is 284 g/mol. The van der Waals surface area contributed by atoms with Crippen molar-refractivity contribution in [3.63, 3.8) is 0 Å². The van der Waals surface area contributed by atoms with Crippen LogP contribution in [-0.4, -0.2) is 40.6 Å². The normalized spacial score (nSPS) is 17.6. The molecule has 0 aromatic rings. The van der Waals surface area contributed by atoms with Crippen LogP contribution < -0.4 is 5.32 Å². The molecule has 116 valence electrons. The van der Waals surface area contributed by atoms with E-state index in [1.807, 2.05) is 18.7 Å². The van der Waals surface area contributed by atoms with E-state index in [1.165, 1.54) is 0 Å². The van der Waals surface area contributed by atoms with E-state index in [2.05, 4.69) is 19.2 Å². The van der Waals surface area contributed by atoms with E-state index in [0.29, 0.717) is 18.5 Å². The first-order chi connectivity index (χ1) is 9.36. The maximum atomic E-state index is 12.3. The van der Waals surface area contributed by atoms with Crippen molar-refractivity contribution in [1.82, 2.24) is 10.2 Å². The Labute approximate surface area is 121 Å². The van der Waals surface area contributed by atoms with Gasteiger partial charge in [-0.2, -0.15) is 0 Å². The third-order valence-electron chi connectivity index (χ3n) is 3.95. The van der Waals surface area contributed by atoms with Gasteiger partial charge in [-0.25, -0.2) is 9.59 Å². The summed E-state index contributed by atoms with van der Waals surface area (Å²) < 4.78 is 0. The quantitative estimate of drug-likeness (QED) is 0.720. The topological polar surface area (TPSA) is 69.6 Å². The minimum Gasteiger partial charge on any atom is -0.480 e. The molecule has 1 rings (SSSR count). The first-order valence-corrected chi connectivity index (χ1v) is 7.66. The third kappa shape index (κ3) is 5.02. The van der Waals surface area contributed by atoms with E-state index in [1.54, 1.807) is 0 Å². The Kier molecular flexibility index (Phi) is 6.30. The second-order valence-corrected chi connectivity index (χ2v) is 6.26. The summed E-state index contributed by atoms with van der Waals surface area (Å²) in [5, 5.41) is 11.9. The zero-order chi connectivity index (χ0) is 15.3. The van der Waals surface area contributed by atoms with Crippen LogP contribution in [0.3, 0.4) is 0 Å². The number of carbonyl (C=O) groups excluding carboxylic acids is 1. The molecule has 1 saturated carbocycles. The minimum atomic E-state index is -0.952. The van der Waals surface area contributed by atoms with Gasteiger partial charge in [0.05, 0.1) is 0 Å². The molecular formula is C15H28N2O3. The standard InChI is InChI=1S/C15H28N2O3/c1-5-11(4)13(14(18)19)16-15(20)17(12-6-7-12)9-8-10(2)3/h10-13H,5-9H2,1-4H3,(H,16,20)(H,18,19). The fourth-order valence-electron chi connectivity index (χ4n) is 2.13. The molecule has 20 heavy (non-hydrogen) atoms. The Balaban J connectivity index is 2.61. The lowest BCUT2D eigenvalue weighted by atomic mass is 9.99. The van der Waals surface area contributed by atoms with Gasteiger partial charge in [0.1, 0.15) is 6.04 Å². The molecule has 1 aliphatic rings. The molecule has 0 aliphatic heterocycles. The molecule has 0 aromatic heterocycles. The van der Waals surface area contributed by atoms with Crippen molar-refractivity contribution >= 4 is 12.0 Å². The number of nitrogens with one attached hydrogen (secondary N) is 1. The van der Waals surface area contributed by atoms with Crippen molar-refractivity contribution in [2.45, 2.75) is 65.5 Å². The molecular weight excluding hydrogens is 256 g/mol. The van der Waals surface area contributed by atoms with Gasteiger partial charge in [0.15, 0.2) is 0 Å². The molecule has 2 N–H and O–H groups in total. The second-order valence-electron chi connectivity index (χ2n) is 6.26. The Morgan fingerprint density at radius 2 is 1.90 bits per heavy atom. The van der Waals surface area contributed by atoms with E-state index in [9.17, 15) is 14.7 Å². The highest BCUT2D eigenvalue weighted by Gasteiger charge is 2.35. The number of nitrogens with zero attached hydrogens (tertiary/aromatic N) is 1. The van der Waals surface area contributed by atoms with Crippen molar-refractivity contribution in [3.05, 3.63) is 0 Å². The zero-order valence-electron chi connectivity index (χ0n) is 13.1. The number of carboxylic acids is 1. The Hall–Kier alpha value is -1.26. The Morgan fingerprint density at radius 1 is 1.30 bits per heavy atom. The maximum Gasteiger partial charge on any atom is 0.326 e. The number of hydrogen-bond acceptors (Lipinski definition) is 2. The summed E-state index contributed by atoms with van der Waals surface area (Å²) in [6.07, 6.45) is 3.75. The third-order valence-corrected chi connectivity index (χ3v) is 3.95. The molecule has 1 aliphatic carbocycles. The van der Waals surface area contributed by atoms with Gasteiger partial charge in [-0.1, -0.05) is 34.1 Å². The van der Waals surface area contributed by atoms with Crippen LogP contribution in [0, 0.1) is 11.8 Å². The lowest BCUT2D eigenvalue weighted by Gasteiger charge is -2.27. The summed E-state index contributed by atoms with van der Waals surface area (Å²) in [6, 6.07) is -0.714. The molecule has 2 amide bonds. The largest absolute Gasteiger partial charge is 0.480 e. The molecule has 0 bridgehead atoms. The molecule has 0 radical (unpaired) electrons. The highest BCUT2D eigenvalue weighted by molar-refractivity contribution is 5.83. The van der Waals surface area contributed by atoms with E-state index in [0.717, 1.165) is 25.7 Å². The molecule has 0 saturated heterocycles. The summed E-state index contributed by atoms with van der Waals surface area (Å²) in [5.74, 6) is -0.483. The molecule has 2 atom stereocenters. The van der Waals surface area contributed by atoms with E-state index in [4.69, 9.17) is 0 Å². The van der Waals surface area contributed by atoms with Crippen molar-refractivity contribution in [1.29, 1.82) is 0 Å². The number of carbonyl (C=O) groups is 2. The number of hydrogen-bond donors (Lipinski definition) is 2. The van der Waals surface area contributed by atoms with Gasteiger partial charge < -0.3 is 15.3 Å². The molecule has 2 unspecified atom stereocenters. The average Bonchev–Trinajstić information content (AvgIpc) is 3.19. The van der Waals surface area contributed by atoms with Crippen molar-refractivity contribution in [2.24, 2.45) is 11.8 Å². The van der Waals surface area contributed by atoms with Crippen LogP contribution in [0.4, 0.5) is 4.79 Å². The van der Waals surface area contributed by atoms with Crippen molar-refractivity contribution in [3.8, 4) is 0 Å². The number of rotatable bonds is 8. The lowest BCUT2D eigenvalue weighted by Crippen LogP contribution is -2.51. The van der Waals surface area contributed by atoms with Crippen LogP contribution in [0.25, 0.3) is 0 Å². The molecule has 0 spiro atoms. The number of aliphatic carboxylic acids is 1. The molecule has 5 nitrogen and oxygen atoms in total. The Bertz CT molecular complexity index is 340. The molecule has 0 aromatic carbocycles. The SMILES string of the molecule is CCC(C)C(NC(=O)N(CCC(C)C)C1CC1)C(=O)O. The van der Waals surface area contributed by atoms with Crippen LogP contribution in [-0.2, 0) is 4.79 Å². The predicted molar refractivity (Wildman–Crippen MR) is 78.6 cm³/mol. The number of amides is 2. The number of carboxylic acid groups (broad SMARTS) is 1. The first kappa shape index (κ1) is 16.8. The van der Waals surface area contributed by atoms with E-state index >= 15 is 0 Å². The average molecular weight is 284 g/mol. The van der Waals surface area contributed by atoms with Gasteiger partial charge in [0.2, 0.25) is 0 Å². The van der Waals surface area contributed by atoms with Gasteiger partial charge in [0, 0.05) is 12.6 Å². The highest BCUT2D eigenvalue weighted by Crippen LogP contribution is 2.27. The summed E-state index contributed by atoms with van der Waals surface area (Å²) >= 11 is 0. The zero-order valence-corrected chi connectivity index (χ0v) is 13.1. The summed E-state index contributed by atoms with van der Waals surface area (Å²) in [7, 11) is 0. The fourth-order valence-corrected chi connectivity index (χ4v) is 2.13. The Morgan fingerprint density at radius 3 is 2.30 bits per heavy atom. The minimum absolute atomic E-state index is 0.0670. The van der Waals surface area contributed by atoms with Gasteiger partial charge in [0.25, 0.3) is 0 Å². The number of urea groups is 1. The van der Waals surface area contributed by atoms with Gasteiger partial charge >= 0.3 is 12.0 Å². The predicted octanol–water partition coefficient (Wildman–Crippen LogP) is 2.71. The summed E-state index contributed by atoms with van der Waals surface area (Å²) in [5.41, 5.74) is 0. The first-order valence-electron chi connectivity index (χ1n) is 7.66. The van der Waals surface area contributed by atoms with Crippen LogP contribution in [0.15, 0.2) is 0 Å². The van der Waals surface area contributed by atoms with E-state index < -0.39 is 12.0 Å². The van der Waals surface area contributed by atoms with Gasteiger partial charge in [-0.15, -0.1) is 0 Å². The van der Waals surface area contributed by atoms with Crippen molar-refractivity contribution in [2.75, 3.05) is 6.54 Å². The van der Waals surface area contributed by atoms with Crippen LogP contribution >= 0.6 is 0 Å². The lowest BCUT2D eigenvalue weighted by molar-refractivity contribution is -0.140. The van der Waals surface area contributed by atoms with E-state index in [-0.39, 0.29) is 11.9 Å². The molecule has 5 heteroatoms. The van der Waals surface area contributed by atoms with Gasteiger partial charge in [-0.3, -0.25) is 0 Å². The van der Waals surface area contributed by atoms with Crippen molar-refractivity contribution < 1.29 is 14.7 Å². The molecule has 0 heterocycles. The smallest absolute Gasteiger partial charge is 0.326 e. The van der Waals surface area contributed by atoms with Crippen LogP contribution in [0.1, 0.15) is 53.4 Å². The molecule has 1 fully saturated rings. The second kappa shape index (κ2) is 7.50. The highest BCUT2D eigenvalue weighted by atomic mass is 16.4.